The van der Waals surface area contributed by atoms with Crippen LogP contribution in [0.25, 0.3) is 0 Å². The van der Waals surface area contributed by atoms with Gasteiger partial charge in [-0.3, -0.25) is 9.78 Å². The number of nitrogens with zero attached hydrogens (tertiary/aromatic N) is 1. The molecule has 0 saturated carbocycles. The molecule has 0 saturated heterocycles. The Morgan fingerprint density at radius 3 is 2.80 bits per heavy atom. The Bertz CT molecular complexity index is 351. The van der Waals surface area contributed by atoms with E-state index in [1.165, 1.54) is 6.20 Å². The molecule has 0 radical (unpaired) electrons. The lowest BCUT2D eigenvalue weighted by Crippen LogP contribution is -2.27. The van der Waals surface area contributed by atoms with Gasteiger partial charge < -0.3 is 4.84 Å². The van der Waals surface area contributed by atoms with E-state index in [2.05, 4.69) is 9.82 Å². The number of ketones is 1. The summed E-state index contributed by atoms with van der Waals surface area (Å²) < 4.78 is 0. The van der Waals surface area contributed by atoms with Crippen molar-refractivity contribution in [1.82, 2.24) is 4.98 Å². The molecule has 0 fully saturated rings. The van der Waals surface area contributed by atoms with Crippen LogP contribution in [0.15, 0.2) is 24.5 Å². The minimum absolute atomic E-state index is 0.318. The van der Waals surface area contributed by atoms with Gasteiger partial charge in [0.25, 0.3) is 0 Å². The molecule has 2 N–H and O–H groups in total. The van der Waals surface area contributed by atoms with Gasteiger partial charge in [0, 0.05) is 18.0 Å². The van der Waals surface area contributed by atoms with Crippen LogP contribution in [-0.2, 0) is 9.63 Å². The summed E-state index contributed by atoms with van der Waals surface area (Å²) in [5, 5.41) is 0. The molecular weight excluding hydrogens is 196 g/mol. The van der Waals surface area contributed by atoms with Gasteiger partial charge in [0.15, 0.2) is 5.78 Å². The topological polar surface area (TPSA) is 82.3 Å². The zero-order chi connectivity index (χ0) is 11.3. The molecule has 0 aliphatic carbocycles. The average Bonchev–Trinajstić information content (AvgIpc) is 2.30. The molecule has 0 amide bonds. The van der Waals surface area contributed by atoms with Crippen LogP contribution in [0.3, 0.4) is 0 Å². The van der Waals surface area contributed by atoms with Crippen LogP contribution in [0.1, 0.15) is 23.7 Å². The monoisotopic (exact) mass is 208 g/mol. The van der Waals surface area contributed by atoms with Gasteiger partial charge in [-0.15, -0.1) is 0 Å². The number of pyridine rings is 1. The Kier molecular flexibility index (Phi) is 3.93. The fourth-order valence-electron chi connectivity index (χ4n) is 1.25. The normalized spacial score (nSPS) is 11.9. The molecule has 15 heavy (non-hydrogen) atoms. The number of Topliss-reactive ketones (excluding diaryl/α,β-unsaturated/α-hetero) is 1. The summed E-state index contributed by atoms with van der Waals surface area (Å²) in [4.78, 5) is 30.8. The molecule has 0 aliphatic heterocycles. The first-order valence-electron chi connectivity index (χ1n) is 4.55. The van der Waals surface area contributed by atoms with E-state index in [0.717, 1.165) is 0 Å². The maximum absolute atomic E-state index is 11.8. The van der Waals surface area contributed by atoms with E-state index < -0.39 is 11.9 Å². The summed E-state index contributed by atoms with van der Waals surface area (Å²) in [6.07, 6.45) is 3.32. The van der Waals surface area contributed by atoms with Crippen LogP contribution in [0, 0.1) is 5.92 Å². The Hall–Kier alpha value is -1.75. The number of rotatable bonds is 4. The minimum Gasteiger partial charge on any atom is -0.373 e. The van der Waals surface area contributed by atoms with Gasteiger partial charge in [-0.25, -0.2) is 4.79 Å². The van der Waals surface area contributed by atoms with Crippen LogP contribution in [0.4, 0.5) is 0 Å². The van der Waals surface area contributed by atoms with Gasteiger partial charge in [0.05, 0.1) is 0 Å². The van der Waals surface area contributed by atoms with Crippen molar-refractivity contribution in [3.05, 3.63) is 30.1 Å². The Morgan fingerprint density at radius 1 is 1.60 bits per heavy atom. The molecule has 1 unspecified atom stereocenters. The minimum atomic E-state index is -0.848. The lowest BCUT2D eigenvalue weighted by molar-refractivity contribution is -0.147. The fraction of sp³-hybridized carbons (Fsp3) is 0.300. The van der Waals surface area contributed by atoms with E-state index in [1.807, 2.05) is 0 Å². The number of carbonyl (C=O) groups excluding carboxylic acids is 2. The van der Waals surface area contributed by atoms with Gasteiger partial charge in [-0.1, -0.05) is 6.92 Å². The number of hydrogen-bond acceptors (Lipinski definition) is 5. The number of aromatic nitrogens is 1. The first-order valence-corrected chi connectivity index (χ1v) is 4.55. The van der Waals surface area contributed by atoms with Crippen LogP contribution in [0.5, 0.6) is 0 Å². The van der Waals surface area contributed by atoms with Crippen molar-refractivity contribution in [3.63, 3.8) is 0 Å². The summed E-state index contributed by atoms with van der Waals surface area (Å²) in [6, 6.07) is 3.23. The van der Waals surface area contributed by atoms with E-state index in [0.29, 0.717) is 12.0 Å². The van der Waals surface area contributed by atoms with Gasteiger partial charge in [-0.2, -0.15) is 5.90 Å². The van der Waals surface area contributed by atoms with E-state index >= 15 is 0 Å². The second-order valence-electron chi connectivity index (χ2n) is 3.00. The molecule has 5 nitrogen and oxygen atoms in total. The zero-order valence-corrected chi connectivity index (χ0v) is 8.34. The largest absolute Gasteiger partial charge is 0.373 e. The standard InChI is InChI=1S/C10H12N2O3/c1-2-8(10(14)15-11)9(13)7-4-3-5-12-6-7/h3-6,8H,2,11H2,1H3. The summed E-state index contributed by atoms with van der Waals surface area (Å²) in [6.45, 7) is 1.72. The van der Waals surface area contributed by atoms with Crippen LogP contribution < -0.4 is 5.90 Å². The molecule has 0 aromatic carbocycles. The maximum Gasteiger partial charge on any atom is 0.335 e. The van der Waals surface area contributed by atoms with Crippen molar-refractivity contribution in [1.29, 1.82) is 0 Å². The summed E-state index contributed by atoms with van der Waals surface area (Å²) in [7, 11) is 0. The third-order valence-electron chi connectivity index (χ3n) is 2.07. The van der Waals surface area contributed by atoms with Crippen molar-refractivity contribution in [2.75, 3.05) is 0 Å². The molecule has 80 valence electrons. The van der Waals surface area contributed by atoms with Crippen LogP contribution >= 0.6 is 0 Å². The summed E-state index contributed by atoms with van der Waals surface area (Å²) in [5.74, 6) is 2.86. The Balaban J connectivity index is 2.87. The fourth-order valence-corrected chi connectivity index (χ4v) is 1.25. The average molecular weight is 208 g/mol. The molecule has 5 heteroatoms. The summed E-state index contributed by atoms with van der Waals surface area (Å²) in [5.41, 5.74) is 0.384. The quantitative estimate of drug-likeness (QED) is 0.447. The number of nitrogens with two attached hydrogens (primary N) is 1. The molecule has 1 heterocycles. The van der Waals surface area contributed by atoms with Gasteiger partial charge in [0.2, 0.25) is 0 Å². The highest BCUT2D eigenvalue weighted by Gasteiger charge is 2.27. The second-order valence-corrected chi connectivity index (χ2v) is 3.00. The lowest BCUT2D eigenvalue weighted by Gasteiger charge is -2.09. The second kappa shape index (κ2) is 5.21. The Labute approximate surface area is 87.2 Å². The first kappa shape index (κ1) is 11.3. The van der Waals surface area contributed by atoms with Gasteiger partial charge in [-0.05, 0) is 18.6 Å². The molecule has 0 bridgehead atoms. The number of carbonyl (C=O) groups is 2. The van der Waals surface area contributed by atoms with E-state index in [-0.39, 0.29) is 5.78 Å². The van der Waals surface area contributed by atoms with Crippen molar-refractivity contribution >= 4 is 11.8 Å². The van der Waals surface area contributed by atoms with Crippen LogP contribution in [0.2, 0.25) is 0 Å². The SMILES string of the molecule is CCC(C(=O)ON)C(=O)c1cccnc1. The van der Waals surface area contributed by atoms with Crippen molar-refractivity contribution in [3.8, 4) is 0 Å². The third-order valence-corrected chi connectivity index (χ3v) is 2.07. The molecule has 1 atom stereocenters. The zero-order valence-electron chi connectivity index (χ0n) is 8.34. The van der Waals surface area contributed by atoms with Crippen molar-refractivity contribution in [2.45, 2.75) is 13.3 Å². The highest BCUT2D eigenvalue weighted by Crippen LogP contribution is 2.12. The number of hydrogen-bond donors (Lipinski definition) is 1. The van der Waals surface area contributed by atoms with E-state index in [4.69, 9.17) is 5.90 Å². The van der Waals surface area contributed by atoms with Gasteiger partial charge in [0.1, 0.15) is 5.92 Å². The molecule has 0 aliphatic rings. The highest BCUT2D eigenvalue weighted by molar-refractivity contribution is 6.08. The Morgan fingerprint density at radius 2 is 2.33 bits per heavy atom. The smallest absolute Gasteiger partial charge is 0.335 e. The first-order chi connectivity index (χ1) is 7.20. The molecule has 1 aromatic rings. The van der Waals surface area contributed by atoms with Crippen molar-refractivity contribution < 1.29 is 14.4 Å². The van der Waals surface area contributed by atoms with E-state index in [1.54, 1.807) is 25.3 Å². The highest BCUT2D eigenvalue weighted by atomic mass is 16.7. The van der Waals surface area contributed by atoms with Crippen molar-refractivity contribution in [2.24, 2.45) is 11.8 Å². The lowest BCUT2D eigenvalue weighted by atomic mass is 9.96. The molecule has 0 spiro atoms. The molecular formula is C10H12N2O3. The summed E-state index contributed by atoms with van der Waals surface area (Å²) >= 11 is 0. The van der Waals surface area contributed by atoms with Crippen LogP contribution in [-0.4, -0.2) is 16.7 Å². The maximum atomic E-state index is 11.8. The third kappa shape index (κ3) is 2.60. The molecule has 1 aromatic heterocycles. The van der Waals surface area contributed by atoms with Gasteiger partial charge >= 0.3 is 5.97 Å². The molecule has 1 rings (SSSR count). The predicted octanol–water partition coefficient (Wildman–Crippen LogP) is 0.707. The van der Waals surface area contributed by atoms with E-state index in [9.17, 15) is 9.59 Å². The predicted molar refractivity (Wildman–Crippen MR) is 52.6 cm³/mol.